The molecule has 0 saturated carbocycles. The fraction of sp³-hybridized carbons (Fsp3) is 0.703. The van der Waals surface area contributed by atoms with E-state index in [0.29, 0.717) is 19.3 Å². The van der Waals surface area contributed by atoms with Crippen LogP contribution in [-0.2, 0) is 42.2 Å². The summed E-state index contributed by atoms with van der Waals surface area (Å²) in [6, 6.07) is 0. The molecule has 12 heteroatoms. The van der Waals surface area contributed by atoms with Gasteiger partial charge in [-0.2, -0.15) is 0 Å². The van der Waals surface area contributed by atoms with Gasteiger partial charge in [0.1, 0.15) is 12.7 Å². The van der Waals surface area contributed by atoms with E-state index in [9.17, 15) is 28.9 Å². The van der Waals surface area contributed by atoms with Crippen molar-refractivity contribution in [2.45, 2.75) is 264 Å². The van der Waals surface area contributed by atoms with Crippen LogP contribution in [0.4, 0.5) is 0 Å². The summed E-state index contributed by atoms with van der Waals surface area (Å²) in [5, 5.41) is 9.83. The quantitative estimate of drug-likeness (QED) is 0.0197. The van der Waals surface area contributed by atoms with Crippen molar-refractivity contribution >= 4 is 25.7 Å². The van der Waals surface area contributed by atoms with Crippen LogP contribution >= 0.6 is 7.82 Å². The third-order valence-corrected chi connectivity index (χ3v) is 13.4. The Bertz CT molecular complexity index is 1640. The third-order valence-electron chi connectivity index (χ3n) is 12.5. The minimum atomic E-state index is -4.77. The Labute approximate surface area is 463 Å². The zero-order chi connectivity index (χ0) is 55.5. The zero-order valence-electron chi connectivity index (χ0n) is 48.2. The van der Waals surface area contributed by atoms with E-state index in [1.807, 2.05) is 0 Å². The van der Waals surface area contributed by atoms with E-state index in [-0.39, 0.29) is 25.9 Å². The molecule has 11 nitrogen and oxygen atoms in total. The SMILES string of the molecule is CC/C=C\C/C=C\C/C=C\C/C=C\C/C=C\CCCCCC(=O)OC(COC(=O)CCCCCCC/C=C\CCCCCCCC)COP(=O)(O)OCC(CO)OC(=O)CCCCCCC/C=C\C/C=C\CCCCC. The van der Waals surface area contributed by atoms with E-state index in [2.05, 4.69) is 118 Å². The number of unbranched alkanes of at least 4 members (excludes halogenated alkanes) is 22. The maximum Gasteiger partial charge on any atom is 0.472 e. The Morgan fingerprint density at radius 3 is 1.11 bits per heavy atom. The lowest BCUT2D eigenvalue weighted by atomic mass is 10.1. The number of hydrogen-bond donors (Lipinski definition) is 2. The van der Waals surface area contributed by atoms with Crippen LogP contribution in [-0.4, -0.2) is 66.5 Å². The number of rotatable bonds is 55. The fourth-order valence-electron chi connectivity index (χ4n) is 7.88. The lowest BCUT2D eigenvalue weighted by Gasteiger charge is -2.21. The normalized spacial score (nSPS) is 14.0. The number of allylic oxidation sites excluding steroid dienone is 16. The largest absolute Gasteiger partial charge is 0.472 e. The highest BCUT2D eigenvalue weighted by Gasteiger charge is 2.28. The van der Waals surface area contributed by atoms with E-state index in [4.69, 9.17) is 23.3 Å². The molecule has 0 aliphatic heterocycles. The highest BCUT2D eigenvalue weighted by Crippen LogP contribution is 2.43. The van der Waals surface area contributed by atoms with Gasteiger partial charge in [-0.15, -0.1) is 0 Å². The first-order chi connectivity index (χ1) is 37.2. The average Bonchev–Trinajstić information content (AvgIpc) is 3.41. The second-order valence-electron chi connectivity index (χ2n) is 19.8. The van der Waals surface area contributed by atoms with Crippen LogP contribution in [0.1, 0.15) is 252 Å². The van der Waals surface area contributed by atoms with Gasteiger partial charge in [0.15, 0.2) is 6.10 Å². The maximum absolute atomic E-state index is 12.9. The van der Waals surface area contributed by atoms with Crippen LogP contribution in [0.5, 0.6) is 0 Å². The van der Waals surface area contributed by atoms with Gasteiger partial charge in [0.05, 0.1) is 19.8 Å². The molecule has 3 atom stereocenters. The van der Waals surface area contributed by atoms with Crippen molar-refractivity contribution in [2.75, 3.05) is 26.4 Å². The van der Waals surface area contributed by atoms with E-state index >= 15 is 0 Å². The molecule has 0 aliphatic rings. The molecule has 0 heterocycles. The summed E-state index contributed by atoms with van der Waals surface area (Å²) in [5.41, 5.74) is 0. The van der Waals surface area contributed by atoms with Gasteiger partial charge in [-0.3, -0.25) is 23.4 Å². The van der Waals surface area contributed by atoms with Crippen LogP contribution in [0, 0.1) is 0 Å². The molecule has 0 saturated heterocycles. The van der Waals surface area contributed by atoms with E-state index in [1.165, 1.54) is 57.8 Å². The molecule has 436 valence electrons. The van der Waals surface area contributed by atoms with Crippen LogP contribution in [0.2, 0.25) is 0 Å². The predicted molar refractivity (Wildman–Crippen MR) is 316 cm³/mol. The molecular formula is C64H109O11P. The van der Waals surface area contributed by atoms with Gasteiger partial charge in [-0.1, -0.05) is 208 Å². The number of carbonyl (C=O) groups excluding carboxylic acids is 3. The summed E-state index contributed by atoms with van der Waals surface area (Å²) in [5.74, 6) is -1.53. The summed E-state index contributed by atoms with van der Waals surface area (Å²) in [4.78, 5) is 48.6. The molecule has 0 aromatic heterocycles. The molecule has 0 amide bonds. The molecular weight excluding hydrogens is 976 g/mol. The minimum Gasteiger partial charge on any atom is -0.462 e. The fourth-order valence-corrected chi connectivity index (χ4v) is 8.66. The Balaban J connectivity index is 4.81. The minimum absolute atomic E-state index is 0.122. The van der Waals surface area contributed by atoms with Crippen molar-refractivity contribution in [2.24, 2.45) is 0 Å². The van der Waals surface area contributed by atoms with Gasteiger partial charge in [0.2, 0.25) is 0 Å². The van der Waals surface area contributed by atoms with Gasteiger partial charge in [-0.05, 0) is 122 Å². The predicted octanol–water partition coefficient (Wildman–Crippen LogP) is 18.0. The molecule has 0 rings (SSSR count). The highest BCUT2D eigenvalue weighted by atomic mass is 31.2. The van der Waals surface area contributed by atoms with Crippen molar-refractivity contribution in [3.05, 3.63) is 97.2 Å². The van der Waals surface area contributed by atoms with Gasteiger partial charge in [0, 0.05) is 19.3 Å². The second-order valence-corrected chi connectivity index (χ2v) is 21.2. The zero-order valence-corrected chi connectivity index (χ0v) is 49.1. The smallest absolute Gasteiger partial charge is 0.462 e. The molecule has 0 spiro atoms. The van der Waals surface area contributed by atoms with Crippen molar-refractivity contribution in [1.29, 1.82) is 0 Å². The molecule has 0 radical (unpaired) electrons. The maximum atomic E-state index is 12.9. The lowest BCUT2D eigenvalue weighted by Crippen LogP contribution is -2.30. The molecule has 3 unspecified atom stereocenters. The Hall–Kier alpha value is -3.60. The van der Waals surface area contributed by atoms with Crippen molar-refractivity contribution in [3.63, 3.8) is 0 Å². The molecule has 0 aromatic rings. The summed E-state index contributed by atoms with van der Waals surface area (Å²) in [7, 11) is -4.77. The Morgan fingerprint density at radius 2 is 0.684 bits per heavy atom. The standard InChI is InChI=1S/C64H109O11P/c1-4-7-10-13-16-19-22-25-28-29-30-31-34-37-40-43-46-49-52-55-64(68)75-61(57-71-62(66)53-50-47-44-41-38-35-32-26-23-20-17-14-11-8-5-2)59-73-76(69,70)72-58-60(56-65)74-63(67)54-51-48-45-42-39-36-33-27-24-21-18-15-12-9-6-3/h7,10,16,18-19,21,25-28,30-33,37,40,60-61,65H,4-6,8-9,11-15,17,20,22-24,29,34-36,38-39,41-59H2,1-3H3,(H,69,70)/b10-7-,19-16-,21-18-,28-25-,31-30-,32-26-,33-27-,40-37-. The van der Waals surface area contributed by atoms with E-state index in [1.54, 1.807) is 0 Å². The summed E-state index contributed by atoms with van der Waals surface area (Å²) >= 11 is 0. The van der Waals surface area contributed by atoms with Gasteiger partial charge >= 0.3 is 25.7 Å². The number of hydrogen-bond acceptors (Lipinski definition) is 10. The number of esters is 3. The van der Waals surface area contributed by atoms with Gasteiger partial charge in [-0.25, -0.2) is 4.57 Å². The molecule has 0 aliphatic carbocycles. The van der Waals surface area contributed by atoms with Gasteiger partial charge in [0.25, 0.3) is 0 Å². The van der Waals surface area contributed by atoms with Crippen LogP contribution in [0.3, 0.4) is 0 Å². The number of aliphatic hydroxyl groups is 1. The average molecular weight is 1090 g/mol. The van der Waals surface area contributed by atoms with Crippen molar-refractivity contribution in [3.8, 4) is 0 Å². The van der Waals surface area contributed by atoms with Crippen LogP contribution < -0.4 is 0 Å². The van der Waals surface area contributed by atoms with Crippen molar-refractivity contribution in [1.82, 2.24) is 0 Å². The third kappa shape index (κ3) is 55.2. The van der Waals surface area contributed by atoms with Gasteiger partial charge < -0.3 is 24.2 Å². The first-order valence-electron chi connectivity index (χ1n) is 30.1. The molecule has 76 heavy (non-hydrogen) atoms. The molecule has 0 aromatic carbocycles. The van der Waals surface area contributed by atoms with E-state index < -0.39 is 57.8 Å². The van der Waals surface area contributed by atoms with Crippen molar-refractivity contribution < 1.29 is 52.2 Å². The Morgan fingerprint density at radius 1 is 0.382 bits per heavy atom. The number of aliphatic hydroxyl groups excluding tert-OH is 1. The first-order valence-corrected chi connectivity index (χ1v) is 31.6. The molecule has 0 fully saturated rings. The lowest BCUT2D eigenvalue weighted by molar-refractivity contribution is -0.161. The topological polar surface area (TPSA) is 155 Å². The first kappa shape index (κ1) is 72.4. The number of ether oxygens (including phenoxy) is 3. The Kier molecular flexibility index (Phi) is 54.8. The number of carbonyl (C=O) groups is 3. The molecule has 0 bridgehead atoms. The number of phosphoric ester groups is 1. The molecule has 2 N–H and O–H groups in total. The number of phosphoric acid groups is 1. The monoisotopic (exact) mass is 1080 g/mol. The van der Waals surface area contributed by atoms with Crippen LogP contribution in [0.25, 0.3) is 0 Å². The second kappa shape index (κ2) is 57.6. The summed E-state index contributed by atoms with van der Waals surface area (Å²) < 4.78 is 39.5. The van der Waals surface area contributed by atoms with Crippen LogP contribution in [0.15, 0.2) is 97.2 Å². The summed E-state index contributed by atoms with van der Waals surface area (Å²) in [6.45, 7) is 4.44. The summed E-state index contributed by atoms with van der Waals surface area (Å²) in [6.07, 6.45) is 67.9. The van der Waals surface area contributed by atoms with E-state index in [0.717, 1.165) is 135 Å². The highest BCUT2D eigenvalue weighted by molar-refractivity contribution is 7.47.